The molecule has 0 bridgehead atoms. The van der Waals surface area contributed by atoms with Crippen molar-refractivity contribution in [1.82, 2.24) is 15.5 Å². The molecule has 0 atom stereocenters. The van der Waals surface area contributed by atoms with Crippen LogP contribution in [0.3, 0.4) is 0 Å². The molecule has 2 heterocycles. The Bertz CT molecular complexity index is 483. The maximum Gasteiger partial charge on any atom is 0.191 e. The molecule has 2 fully saturated rings. The lowest BCUT2D eigenvalue weighted by Gasteiger charge is -2.48. The minimum Gasteiger partial charge on any atom is -0.377 e. The van der Waals surface area contributed by atoms with Gasteiger partial charge in [-0.1, -0.05) is 37.3 Å². The average Bonchev–Trinajstić information content (AvgIpc) is 2.72. The Balaban J connectivity index is 0.00000261. The molecular formula is C21H39IN4O. The maximum absolute atomic E-state index is 5.39. The lowest BCUT2D eigenvalue weighted by Crippen LogP contribution is -2.59. The first-order chi connectivity index (χ1) is 12.8. The maximum atomic E-state index is 5.39. The zero-order chi connectivity index (χ0) is 18.1. The predicted octanol–water partition coefficient (Wildman–Crippen LogP) is 3.70. The van der Waals surface area contributed by atoms with E-state index in [4.69, 9.17) is 4.74 Å². The van der Waals surface area contributed by atoms with E-state index in [2.05, 4.69) is 26.6 Å². The van der Waals surface area contributed by atoms with Crippen LogP contribution >= 0.6 is 24.0 Å². The second-order valence-electron chi connectivity index (χ2n) is 8.12. The summed E-state index contributed by atoms with van der Waals surface area (Å²) in [5.41, 5.74) is 1.86. The van der Waals surface area contributed by atoms with E-state index in [0.29, 0.717) is 5.54 Å². The van der Waals surface area contributed by atoms with Gasteiger partial charge in [0.25, 0.3) is 0 Å². The van der Waals surface area contributed by atoms with Crippen molar-refractivity contribution in [2.75, 3.05) is 46.4 Å². The summed E-state index contributed by atoms with van der Waals surface area (Å²) < 4.78 is 5.39. The summed E-state index contributed by atoms with van der Waals surface area (Å²) in [7, 11) is 1.89. The largest absolute Gasteiger partial charge is 0.377 e. The number of piperidine rings is 1. The smallest absolute Gasteiger partial charge is 0.191 e. The fraction of sp³-hybridized carbons (Fsp3) is 0.857. The molecule has 2 N–H and O–H groups in total. The summed E-state index contributed by atoms with van der Waals surface area (Å²) in [6, 6.07) is 0. The first-order valence-electron chi connectivity index (χ1n) is 10.8. The van der Waals surface area contributed by atoms with Gasteiger partial charge < -0.3 is 15.4 Å². The number of ether oxygens (including phenoxy) is 1. The number of rotatable bonds is 6. The fourth-order valence-corrected chi connectivity index (χ4v) is 4.79. The highest BCUT2D eigenvalue weighted by Gasteiger charge is 2.38. The number of hydrogen-bond donors (Lipinski definition) is 2. The van der Waals surface area contributed by atoms with Gasteiger partial charge in [0.2, 0.25) is 0 Å². The highest BCUT2D eigenvalue weighted by Crippen LogP contribution is 2.35. The Labute approximate surface area is 182 Å². The molecule has 0 unspecified atom stereocenters. The van der Waals surface area contributed by atoms with E-state index in [0.717, 1.165) is 45.1 Å². The number of hydrogen-bond acceptors (Lipinski definition) is 3. The van der Waals surface area contributed by atoms with Gasteiger partial charge in [0, 0.05) is 25.7 Å². The number of halogens is 1. The molecule has 6 heteroatoms. The van der Waals surface area contributed by atoms with Crippen LogP contribution < -0.4 is 10.6 Å². The summed E-state index contributed by atoms with van der Waals surface area (Å²) in [6.07, 6.45) is 15.4. The molecule has 5 nitrogen and oxygen atoms in total. The van der Waals surface area contributed by atoms with E-state index in [-0.39, 0.29) is 24.0 Å². The lowest BCUT2D eigenvalue weighted by molar-refractivity contribution is 0.0368. The Morgan fingerprint density at radius 2 is 1.85 bits per heavy atom. The first-order valence-corrected chi connectivity index (χ1v) is 10.8. The number of guanidine groups is 1. The Morgan fingerprint density at radius 3 is 2.52 bits per heavy atom. The lowest BCUT2D eigenvalue weighted by atomic mass is 9.79. The molecule has 0 aromatic carbocycles. The number of aliphatic imine (C=N–C) groups is 1. The van der Waals surface area contributed by atoms with Gasteiger partial charge in [0.05, 0.1) is 13.2 Å². The molecule has 0 aromatic rings. The number of likely N-dealkylation sites (tertiary alicyclic amines) is 1. The quantitative estimate of drug-likeness (QED) is 0.258. The van der Waals surface area contributed by atoms with Gasteiger partial charge in [0.1, 0.15) is 0 Å². The highest BCUT2D eigenvalue weighted by molar-refractivity contribution is 14.0. The van der Waals surface area contributed by atoms with Crippen molar-refractivity contribution in [3.05, 3.63) is 11.6 Å². The molecule has 1 saturated carbocycles. The van der Waals surface area contributed by atoms with Crippen LogP contribution in [0.5, 0.6) is 0 Å². The second-order valence-corrected chi connectivity index (χ2v) is 8.12. The Hall–Kier alpha value is -0.340. The molecule has 0 aromatic heterocycles. The minimum absolute atomic E-state index is 0. The van der Waals surface area contributed by atoms with Crippen molar-refractivity contribution < 1.29 is 4.74 Å². The standard InChI is InChI=1S/C21H38N4O.HI/c1-22-20(23-13-8-19-9-16-26-17-10-19)24-18-21(11-4-2-5-12-21)25-14-6-3-7-15-25;/h9H,2-8,10-18H2,1H3,(H2,22,23,24);1H. The number of nitrogens with one attached hydrogen (secondary N) is 2. The van der Waals surface area contributed by atoms with Crippen molar-refractivity contribution >= 4 is 29.9 Å². The molecule has 0 radical (unpaired) electrons. The molecule has 1 saturated heterocycles. The van der Waals surface area contributed by atoms with Gasteiger partial charge in [-0.25, -0.2) is 0 Å². The van der Waals surface area contributed by atoms with Gasteiger partial charge in [-0.3, -0.25) is 9.89 Å². The van der Waals surface area contributed by atoms with Crippen LogP contribution in [-0.4, -0.2) is 62.8 Å². The molecule has 1 aliphatic carbocycles. The van der Waals surface area contributed by atoms with E-state index < -0.39 is 0 Å². The molecule has 0 spiro atoms. The van der Waals surface area contributed by atoms with E-state index >= 15 is 0 Å². The van der Waals surface area contributed by atoms with Crippen molar-refractivity contribution in [3.8, 4) is 0 Å². The zero-order valence-corrected chi connectivity index (χ0v) is 19.4. The molecule has 156 valence electrons. The summed E-state index contributed by atoms with van der Waals surface area (Å²) in [5, 5.41) is 7.18. The van der Waals surface area contributed by atoms with Crippen LogP contribution in [0, 0.1) is 0 Å². The van der Waals surface area contributed by atoms with E-state index in [9.17, 15) is 0 Å². The number of nitrogens with zero attached hydrogens (tertiary/aromatic N) is 2. The summed E-state index contributed by atoms with van der Waals surface area (Å²) in [6.45, 7) is 6.19. The van der Waals surface area contributed by atoms with E-state index in [1.165, 1.54) is 70.0 Å². The molecule has 27 heavy (non-hydrogen) atoms. The van der Waals surface area contributed by atoms with Crippen LogP contribution in [0.25, 0.3) is 0 Å². The SMILES string of the molecule is CN=C(NCCC1=CCOCC1)NCC1(N2CCCCC2)CCCCC1.I. The third kappa shape index (κ3) is 6.89. The average molecular weight is 490 g/mol. The van der Waals surface area contributed by atoms with Gasteiger partial charge in [-0.15, -0.1) is 24.0 Å². The summed E-state index contributed by atoms with van der Waals surface area (Å²) in [4.78, 5) is 7.26. The van der Waals surface area contributed by atoms with Crippen molar-refractivity contribution in [3.63, 3.8) is 0 Å². The van der Waals surface area contributed by atoms with Crippen molar-refractivity contribution in [2.24, 2.45) is 4.99 Å². The monoisotopic (exact) mass is 490 g/mol. The molecule has 0 amide bonds. The van der Waals surface area contributed by atoms with Gasteiger partial charge >= 0.3 is 0 Å². The molecule has 3 rings (SSSR count). The normalized spacial score (nSPS) is 23.9. The Kier molecular flexibility index (Phi) is 10.4. The summed E-state index contributed by atoms with van der Waals surface area (Å²) >= 11 is 0. The fourth-order valence-electron chi connectivity index (χ4n) is 4.79. The van der Waals surface area contributed by atoms with Gasteiger partial charge in [0.15, 0.2) is 5.96 Å². The van der Waals surface area contributed by atoms with E-state index in [1.54, 1.807) is 0 Å². The van der Waals surface area contributed by atoms with Crippen LogP contribution in [0.15, 0.2) is 16.6 Å². The van der Waals surface area contributed by atoms with Crippen molar-refractivity contribution in [2.45, 2.75) is 69.7 Å². The third-order valence-electron chi connectivity index (χ3n) is 6.42. The van der Waals surface area contributed by atoms with Crippen LogP contribution in [0.2, 0.25) is 0 Å². The molecule has 2 aliphatic heterocycles. The zero-order valence-electron chi connectivity index (χ0n) is 17.1. The van der Waals surface area contributed by atoms with E-state index in [1.807, 2.05) is 7.05 Å². The minimum atomic E-state index is 0. The highest BCUT2D eigenvalue weighted by atomic mass is 127. The predicted molar refractivity (Wildman–Crippen MR) is 124 cm³/mol. The van der Waals surface area contributed by atoms with Gasteiger partial charge in [-0.05, 0) is 51.6 Å². The van der Waals surface area contributed by atoms with Crippen LogP contribution in [0.4, 0.5) is 0 Å². The van der Waals surface area contributed by atoms with Crippen LogP contribution in [-0.2, 0) is 4.74 Å². The first kappa shape index (κ1) is 22.9. The molecule has 3 aliphatic rings. The Morgan fingerprint density at radius 1 is 1.11 bits per heavy atom. The van der Waals surface area contributed by atoms with Gasteiger partial charge in [-0.2, -0.15) is 0 Å². The molecular weight excluding hydrogens is 451 g/mol. The topological polar surface area (TPSA) is 48.9 Å². The van der Waals surface area contributed by atoms with Crippen molar-refractivity contribution in [1.29, 1.82) is 0 Å². The van der Waals surface area contributed by atoms with Crippen LogP contribution in [0.1, 0.15) is 64.2 Å². The third-order valence-corrected chi connectivity index (χ3v) is 6.42. The second kappa shape index (κ2) is 12.3. The summed E-state index contributed by atoms with van der Waals surface area (Å²) in [5.74, 6) is 0.958.